The number of nitrogens with zero attached hydrogens (tertiary/aromatic N) is 4. The Labute approximate surface area is 334 Å². The number of hydrogen-bond donors (Lipinski definition) is 0. The Kier molecular flexibility index (Phi) is 9.85. The molecule has 0 saturated heterocycles. The minimum Gasteiger partial charge on any atom is -0.468 e. The van der Waals surface area contributed by atoms with Gasteiger partial charge in [-0.3, -0.25) is 29.1 Å². The van der Waals surface area contributed by atoms with Crippen molar-refractivity contribution in [1.82, 2.24) is 19.9 Å². The molecule has 0 amide bonds. The molecule has 4 aromatic heterocycles. The maximum atomic E-state index is 13.9. The van der Waals surface area contributed by atoms with Gasteiger partial charge < -0.3 is 18.9 Å². The number of pyridine rings is 4. The fourth-order valence-electron chi connectivity index (χ4n) is 8.57. The monoisotopic (exact) mass is 774 g/mol. The van der Waals surface area contributed by atoms with E-state index in [1.54, 1.807) is 24.5 Å². The first-order valence-corrected chi connectivity index (χ1v) is 18.6. The van der Waals surface area contributed by atoms with Crippen molar-refractivity contribution in [3.05, 3.63) is 132 Å². The Morgan fingerprint density at radius 3 is 1.07 bits per heavy atom. The molecule has 8 rings (SSSR count). The van der Waals surface area contributed by atoms with Crippen LogP contribution in [-0.4, -0.2) is 72.3 Å². The van der Waals surface area contributed by atoms with Gasteiger partial charge in [-0.05, 0) is 57.6 Å². The van der Waals surface area contributed by atoms with Crippen LogP contribution in [0.25, 0.3) is 56.4 Å². The Hall–Kier alpha value is -7.08. The molecule has 0 radical (unpaired) electrons. The highest BCUT2D eigenvalue weighted by Gasteiger charge is 2.57. The maximum absolute atomic E-state index is 13.9. The van der Waals surface area contributed by atoms with Crippen molar-refractivity contribution in [2.45, 2.75) is 25.7 Å². The van der Waals surface area contributed by atoms with Crippen molar-refractivity contribution in [1.29, 1.82) is 0 Å². The highest BCUT2D eigenvalue weighted by molar-refractivity contribution is 6.05. The molecule has 0 aliphatic heterocycles. The van der Waals surface area contributed by atoms with E-state index in [-0.39, 0.29) is 25.7 Å². The van der Waals surface area contributed by atoms with Crippen LogP contribution in [0.3, 0.4) is 0 Å². The molecule has 2 aromatic carbocycles. The van der Waals surface area contributed by atoms with Gasteiger partial charge in [0, 0.05) is 49.2 Å². The number of carbonyl (C=O) groups is 4. The van der Waals surface area contributed by atoms with Crippen LogP contribution in [0.15, 0.2) is 109 Å². The van der Waals surface area contributed by atoms with E-state index in [1.165, 1.54) is 28.4 Å². The molecule has 0 atom stereocenters. The highest BCUT2D eigenvalue weighted by Crippen LogP contribution is 2.53. The summed E-state index contributed by atoms with van der Waals surface area (Å²) < 4.78 is 21.3. The van der Waals surface area contributed by atoms with Crippen molar-refractivity contribution in [2.24, 2.45) is 10.8 Å². The van der Waals surface area contributed by atoms with Crippen LogP contribution in [0.2, 0.25) is 0 Å². The van der Waals surface area contributed by atoms with E-state index in [1.807, 2.05) is 84.9 Å². The van der Waals surface area contributed by atoms with Gasteiger partial charge in [0.2, 0.25) is 0 Å². The largest absolute Gasteiger partial charge is 0.468 e. The number of carbonyl (C=O) groups excluding carboxylic acids is 4. The van der Waals surface area contributed by atoms with Crippen molar-refractivity contribution in [3.8, 4) is 56.4 Å². The molecule has 12 heteroatoms. The number of hydrogen-bond acceptors (Lipinski definition) is 12. The summed E-state index contributed by atoms with van der Waals surface area (Å²) in [6.45, 7) is 0. The topological polar surface area (TPSA) is 157 Å². The zero-order valence-electron chi connectivity index (χ0n) is 32.3. The number of fused-ring (bicyclic) bond motifs is 2. The van der Waals surface area contributed by atoms with Crippen molar-refractivity contribution >= 4 is 23.9 Å². The number of esters is 4. The van der Waals surface area contributed by atoms with Gasteiger partial charge in [0.05, 0.1) is 62.6 Å². The van der Waals surface area contributed by atoms with Gasteiger partial charge in [-0.15, -0.1) is 0 Å². The molecule has 2 aliphatic carbocycles. The lowest BCUT2D eigenvalue weighted by Crippen LogP contribution is -2.42. The normalized spacial score (nSPS) is 14.5. The molecule has 0 bridgehead atoms. The fourth-order valence-corrected chi connectivity index (χ4v) is 8.57. The summed E-state index contributed by atoms with van der Waals surface area (Å²) >= 11 is 0. The first-order valence-electron chi connectivity index (χ1n) is 18.6. The van der Waals surface area contributed by atoms with E-state index < -0.39 is 34.7 Å². The number of rotatable bonds is 9. The van der Waals surface area contributed by atoms with Crippen LogP contribution in [0.1, 0.15) is 22.3 Å². The second-order valence-electron chi connectivity index (χ2n) is 14.3. The number of aromatic nitrogens is 4. The van der Waals surface area contributed by atoms with Gasteiger partial charge in [-0.1, -0.05) is 72.8 Å². The molecule has 0 N–H and O–H groups in total. The summed E-state index contributed by atoms with van der Waals surface area (Å²) in [7, 11) is 4.95. The lowest BCUT2D eigenvalue weighted by Gasteiger charge is -2.23. The molecule has 6 aromatic rings. The van der Waals surface area contributed by atoms with Crippen molar-refractivity contribution in [3.63, 3.8) is 0 Å². The molecular formula is C46H38N4O8. The summed E-state index contributed by atoms with van der Waals surface area (Å²) in [6.07, 6.45) is 2.90. The number of methoxy groups -OCH3 is 4. The van der Waals surface area contributed by atoms with Crippen LogP contribution in [0.4, 0.5) is 0 Å². The standard InChI is InChI=1S/C46H38N4O8/c1-55-41(51)45(42(52)56-2)23-29-31(25-45)37(49-39(33-19-11-13-21-47-33)35(29)27-15-7-5-8-16-27)38-32-26-46(43(53)57-3,44(54)58-4)24-30(32)36(28-17-9-6-10-18-28)40(50-38)34-20-12-14-22-48-34/h5-22H,23-26H2,1-4H3. The summed E-state index contributed by atoms with van der Waals surface area (Å²) in [5.41, 5.74) is 4.46. The van der Waals surface area contributed by atoms with Crippen LogP contribution in [0.5, 0.6) is 0 Å². The third-order valence-corrected chi connectivity index (χ3v) is 11.2. The number of benzene rings is 2. The molecule has 0 saturated carbocycles. The SMILES string of the molecule is COC(=O)C1(C(=O)OC)Cc2c(-c3nc(-c4ccccn4)c(-c4ccccc4)c4c3CC(C(=O)OC)(C(=O)OC)C4)nc(-c3ccccn3)c(-c3ccccc3)c2C1. The van der Waals surface area contributed by atoms with Crippen LogP contribution < -0.4 is 0 Å². The number of ether oxygens (including phenoxy) is 4. The van der Waals surface area contributed by atoms with E-state index in [0.29, 0.717) is 67.5 Å². The first kappa shape index (κ1) is 37.8. The Morgan fingerprint density at radius 1 is 0.431 bits per heavy atom. The molecule has 58 heavy (non-hydrogen) atoms. The fraction of sp³-hybridized carbons (Fsp3) is 0.217. The summed E-state index contributed by atoms with van der Waals surface area (Å²) in [6, 6.07) is 30.1. The predicted molar refractivity (Wildman–Crippen MR) is 213 cm³/mol. The lowest BCUT2D eigenvalue weighted by atomic mass is 9.83. The van der Waals surface area contributed by atoms with E-state index in [9.17, 15) is 19.2 Å². The lowest BCUT2D eigenvalue weighted by molar-refractivity contribution is -0.170. The van der Waals surface area contributed by atoms with Crippen LogP contribution in [-0.2, 0) is 63.8 Å². The zero-order valence-corrected chi connectivity index (χ0v) is 32.3. The van der Waals surface area contributed by atoms with Gasteiger partial charge in [0.25, 0.3) is 0 Å². The molecular weight excluding hydrogens is 737 g/mol. The van der Waals surface area contributed by atoms with Gasteiger partial charge in [-0.25, -0.2) is 9.97 Å². The van der Waals surface area contributed by atoms with E-state index in [4.69, 9.17) is 38.9 Å². The van der Waals surface area contributed by atoms with Gasteiger partial charge in [-0.2, -0.15) is 0 Å². The minimum atomic E-state index is -1.77. The smallest absolute Gasteiger partial charge is 0.323 e. The predicted octanol–water partition coefficient (Wildman–Crippen LogP) is 6.46. The van der Waals surface area contributed by atoms with Crippen LogP contribution >= 0.6 is 0 Å². The minimum absolute atomic E-state index is 0.0765. The second-order valence-corrected chi connectivity index (χ2v) is 14.3. The first-order chi connectivity index (χ1) is 28.2. The quantitative estimate of drug-likeness (QED) is 0.0899. The summed E-state index contributed by atoms with van der Waals surface area (Å²) in [5.74, 6) is -3.05. The Bertz CT molecular complexity index is 2370. The third kappa shape index (κ3) is 5.99. The maximum Gasteiger partial charge on any atom is 0.323 e. The van der Waals surface area contributed by atoms with Crippen molar-refractivity contribution in [2.75, 3.05) is 28.4 Å². The van der Waals surface area contributed by atoms with Gasteiger partial charge in [0.1, 0.15) is 0 Å². The van der Waals surface area contributed by atoms with E-state index in [0.717, 1.165) is 11.1 Å². The molecule has 0 unspecified atom stereocenters. The molecule has 4 heterocycles. The van der Waals surface area contributed by atoms with Crippen molar-refractivity contribution < 1.29 is 38.1 Å². The highest BCUT2D eigenvalue weighted by atomic mass is 16.6. The molecule has 2 aliphatic rings. The molecule has 0 fully saturated rings. The Balaban J connectivity index is 1.55. The van der Waals surface area contributed by atoms with Gasteiger partial charge >= 0.3 is 23.9 Å². The molecule has 12 nitrogen and oxygen atoms in total. The molecule has 290 valence electrons. The third-order valence-electron chi connectivity index (χ3n) is 11.2. The summed E-state index contributed by atoms with van der Waals surface area (Å²) in [5, 5.41) is 0. The molecule has 0 spiro atoms. The average molecular weight is 775 g/mol. The summed E-state index contributed by atoms with van der Waals surface area (Å²) in [4.78, 5) is 75.9. The average Bonchev–Trinajstić information content (AvgIpc) is 3.90. The van der Waals surface area contributed by atoms with E-state index >= 15 is 0 Å². The second kappa shape index (κ2) is 15.1. The zero-order chi connectivity index (χ0) is 40.6. The Morgan fingerprint density at radius 2 is 0.759 bits per heavy atom. The van der Waals surface area contributed by atoms with E-state index in [2.05, 4.69) is 0 Å². The van der Waals surface area contributed by atoms with Crippen LogP contribution in [0, 0.1) is 10.8 Å². The van der Waals surface area contributed by atoms with Gasteiger partial charge in [0.15, 0.2) is 10.8 Å².